The van der Waals surface area contributed by atoms with Gasteiger partial charge in [-0.2, -0.15) is 0 Å². The number of hydrogen-bond acceptors (Lipinski definition) is 3. The van der Waals surface area contributed by atoms with Gasteiger partial charge >= 0.3 is 5.97 Å². The third kappa shape index (κ3) is 2.86. The smallest absolute Gasteiger partial charge is 0.338 e. The molecular formula is C14H19NO2S. The van der Waals surface area contributed by atoms with Crippen molar-refractivity contribution in [2.45, 2.75) is 44.6 Å². The van der Waals surface area contributed by atoms with Crippen molar-refractivity contribution in [3.8, 4) is 0 Å². The maximum absolute atomic E-state index is 11.3. The summed E-state index contributed by atoms with van der Waals surface area (Å²) in [5.41, 5.74) is 2.61. The van der Waals surface area contributed by atoms with Crippen molar-refractivity contribution in [3.05, 3.63) is 22.9 Å². The van der Waals surface area contributed by atoms with Crippen LogP contribution in [0, 0.1) is 5.92 Å². The normalized spacial score (nSPS) is 15.4. The fraction of sp³-hybridized carbons (Fsp3) is 0.571. The number of carbonyl (C=O) groups is 1. The second kappa shape index (κ2) is 5.74. The van der Waals surface area contributed by atoms with Crippen molar-refractivity contribution in [3.63, 3.8) is 0 Å². The van der Waals surface area contributed by atoms with Gasteiger partial charge in [0.05, 0.1) is 5.56 Å². The third-order valence-electron chi connectivity index (χ3n) is 3.45. The summed E-state index contributed by atoms with van der Waals surface area (Å²) in [6, 6.07) is 1.83. The summed E-state index contributed by atoms with van der Waals surface area (Å²) < 4.78 is 0. The van der Waals surface area contributed by atoms with E-state index in [1.807, 2.05) is 6.07 Å². The summed E-state index contributed by atoms with van der Waals surface area (Å²) >= 11 is 1.58. The van der Waals surface area contributed by atoms with Gasteiger partial charge in [-0.05, 0) is 36.8 Å². The van der Waals surface area contributed by atoms with Gasteiger partial charge in [0.1, 0.15) is 5.03 Å². The molecule has 1 unspecified atom stereocenters. The predicted octanol–water partition coefficient (Wildman–Crippen LogP) is 3.41. The number of carboxylic acid groups (broad SMARTS) is 1. The molecule has 18 heavy (non-hydrogen) atoms. The molecule has 1 N–H and O–H groups in total. The summed E-state index contributed by atoms with van der Waals surface area (Å²) in [5.74, 6) is 0.665. The van der Waals surface area contributed by atoms with Crippen LogP contribution in [0.25, 0.3) is 0 Å². The lowest BCUT2D eigenvalue weighted by molar-refractivity contribution is 0.0692. The van der Waals surface area contributed by atoms with E-state index in [-0.39, 0.29) is 0 Å². The SMILES string of the molecule is CCC(C)CSc1nc2c(cc1C(=O)O)CCC2. The van der Waals surface area contributed by atoms with Gasteiger partial charge in [0.25, 0.3) is 0 Å². The Bertz CT molecular complexity index is 459. The highest BCUT2D eigenvalue weighted by Gasteiger charge is 2.20. The van der Waals surface area contributed by atoms with E-state index in [0.29, 0.717) is 16.5 Å². The van der Waals surface area contributed by atoms with Crippen LogP contribution in [-0.4, -0.2) is 21.8 Å². The average molecular weight is 265 g/mol. The Labute approximate surface area is 112 Å². The lowest BCUT2D eigenvalue weighted by atomic mass is 10.1. The fourth-order valence-electron chi connectivity index (χ4n) is 2.06. The Balaban J connectivity index is 2.24. The monoisotopic (exact) mass is 265 g/mol. The molecular weight excluding hydrogens is 246 g/mol. The largest absolute Gasteiger partial charge is 0.478 e. The minimum absolute atomic E-state index is 0.379. The number of hydrogen-bond donors (Lipinski definition) is 1. The van der Waals surface area contributed by atoms with E-state index < -0.39 is 5.97 Å². The standard InChI is InChI=1S/C14H19NO2S/c1-3-9(2)8-18-13-11(14(16)17)7-10-5-4-6-12(10)15-13/h7,9H,3-6,8H2,1-2H3,(H,16,17). The fourth-order valence-corrected chi connectivity index (χ4v) is 3.21. The van der Waals surface area contributed by atoms with E-state index in [1.54, 1.807) is 11.8 Å². The van der Waals surface area contributed by atoms with Gasteiger partial charge in [-0.3, -0.25) is 0 Å². The van der Waals surface area contributed by atoms with Crippen LogP contribution in [0.15, 0.2) is 11.1 Å². The predicted molar refractivity (Wildman–Crippen MR) is 73.4 cm³/mol. The summed E-state index contributed by atoms with van der Waals surface area (Å²) in [5, 5.41) is 9.96. The molecule has 0 saturated heterocycles. The molecule has 0 amide bonds. The van der Waals surface area contributed by atoms with Crippen molar-refractivity contribution in [2.24, 2.45) is 5.92 Å². The zero-order chi connectivity index (χ0) is 13.1. The zero-order valence-corrected chi connectivity index (χ0v) is 11.7. The second-order valence-electron chi connectivity index (χ2n) is 4.93. The molecule has 0 bridgehead atoms. The zero-order valence-electron chi connectivity index (χ0n) is 10.9. The molecule has 1 aromatic heterocycles. The van der Waals surface area contributed by atoms with Crippen LogP contribution in [0.4, 0.5) is 0 Å². The molecule has 0 fully saturated rings. The van der Waals surface area contributed by atoms with E-state index in [1.165, 1.54) is 0 Å². The van der Waals surface area contributed by atoms with Crippen LogP contribution in [-0.2, 0) is 12.8 Å². The van der Waals surface area contributed by atoms with Crippen LogP contribution in [0.2, 0.25) is 0 Å². The number of pyridine rings is 1. The maximum Gasteiger partial charge on any atom is 0.338 e. The number of fused-ring (bicyclic) bond motifs is 1. The van der Waals surface area contributed by atoms with Gasteiger partial charge in [-0.1, -0.05) is 20.3 Å². The quantitative estimate of drug-likeness (QED) is 0.829. The Hall–Kier alpha value is -1.03. The molecule has 0 aromatic carbocycles. The van der Waals surface area contributed by atoms with Crippen molar-refractivity contribution in [2.75, 3.05) is 5.75 Å². The summed E-state index contributed by atoms with van der Waals surface area (Å²) in [4.78, 5) is 15.8. The number of thioether (sulfide) groups is 1. The molecule has 0 spiro atoms. The Kier molecular flexibility index (Phi) is 4.27. The van der Waals surface area contributed by atoms with Gasteiger partial charge in [0, 0.05) is 11.4 Å². The Morgan fingerprint density at radius 2 is 2.33 bits per heavy atom. The van der Waals surface area contributed by atoms with E-state index in [4.69, 9.17) is 0 Å². The van der Waals surface area contributed by atoms with Crippen LogP contribution >= 0.6 is 11.8 Å². The van der Waals surface area contributed by atoms with Crippen molar-refractivity contribution in [1.82, 2.24) is 4.98 Å². The van der Waals surface area contributed by atoms with E-state index in [2.05, 4.69) is 18.8 Å². The second-order valence-corrected chi connectivity index (χ2v) is 5.94. The van der Waals surface area contributed by atoms with Crippen molar-refractivity contribution >= 4 is 17.7 Å². The van der Waals surface area contributed by atoms with Crippen LogP contribution in [0.5, 0.6) is 0 Å². The number of aryl methyl sites for hydroxylation is 2. The highest BCUT2D eigenvalue weighted by molar-refractivity contribution is 7.99. The Morgan fingerprint density at radius 3 is 3.00 bits per heavy atom. The summed E-state index contributed by atoms with van der Waals surface area (Å²) in [6.07, 6.45) is 4.17. The number of carboxylic acids is 1. The van der Waals surface area contributed by atoms with E-state index in [9.17, 15) is 9.90 Å². The number of nitrogens with zero attached hydrogens (tertiary/aromatic N) is 1. The van der Waals surface area contributed by atoms with Crippen LogP contribution < -0.4 is 0 Å². The van der Waals surface area contributed by atoms with Gasteiger partial charge in [-0.25, -0.2) is 9.78 Å². The minimum Gasteiger partial charge on any atom is -0.478 e. The first kappa shape index (κ1) is 13.4. The molecule has 3 nitrogen and oxygen atoms in total. The number of aromatic nitrogens is 1. The highest BCUT2D eigenvalue weighted by Crippen LogP contribution is 2.29. The van der Waals surface area contributed by atoms with Gasteiger partial charge < -0.3 is 5.11 Å². The van der Waals surface area contributed by atoms with E-state index in [0.717, 1.165) is 42.7 Å². The molecule has 98 valence electrons. The lowest BCUT2D eigenvalue weighted by Gasteiger charge is -2.11. The van der Waals surface area contributed by atoms with Gasteiger partial charge in [0.2, 0.25) is 0 Å². The van der Waals surface area contributed by atoms with Gasteiger partial charge in [0.15, 0.2) is 0 Å². The first-order chi connectivity index (χ1) is 8.61. The first-order valence-corrected chi connectivity index (χ1v) is 7.49. The molecule has 2 rings (SSSR count). The van der Waals surface area contributed by atoms with E-state index >= 15 is 0 Å². The number of aromatic carboxylic acids is 1. The maximum atomic E-state index is 11.3. The molecule has 1 atom stereocenters. The lowest BCUT2D eigenvalue weighted by Crippen LogP contribution is -2.06. The third-order valence-corrected chi connectivity index (χ3v) is 4.77. The first-order valence-electron chi connectivity index (χ1n) is 6.50. The molecule has 0 aliphatic heterocycles. The average Bonchev–Trinajstić information content (AvgIpc) is 2.81. The molecule has 1 aliphatic carbocycles. The molecule has 4 heteroatoms. The highest BCUT2D eigenvalue weighted by atomic mass is 32.2. The van der Waals surface area contributed by atoms with Crippen LogP contribution in [0.1, 0.15) is 48.3 Å². The van der Waals surface area contributed by atoms with Crippen molar-refractivity contribution < 1.29 is 9.90 Å². The summed E-state index contributed by atoms with van der Waals surface area (Å²) in [7, 11) is 0. The molecule has 1 aromatic rings. The van der Waals surface area contributed by atoms with Crippen LogP contribution in [0.3, 0.4) is 0 Å². The van der Waals surface area contributed by atoms with Gasteiger partial charge in [-0.15, -0.1) is 11.8 Å². The number of rotatable bonds is 5. The Morgan fingerprint density at radius 1 is 1.56 bits per heavy atom. The van der Waals surface area contributed by atoms with Crippen molar-refractivity contribution in [1.29, 1.82) is 0 Å². The molecule has 0 radical (unpaired) electrons. The molecule has 1 aliphatic rings. The minimum atomic E-state index is -0.858. The topological polar surface area (TPSA) is 50.2 Å². The molecule has 1 heterocycles. The summed E-state index contributed by atoms with van der Waals surface area (Å²) in [6.45, 7) is 4.33. The molecule has 0 saturated carbocycles.